The van der Waals surface area contributed by atoms with Gasteiger partial charge in [-0.05, 0) is 119 Å². The van der Waals surface area contributed by atoms with E-state index in [4.69, 9.17) is 0 Å². The molecule has 73 heavy (non-hydrogen) atoms. The quantitative estimate of drug-likeness (QED) is 0.0248. The number of rotatable bonds is 42. The van der Waals surface area contributed by atoms with Gasteiger partial charge in [0.2, 0.25) is 0 Å². The zero-order chi connectivity index (χ0) is 52.1. The van der Waals surface area contributed by atoms with Crippen molar-refractivity contribution in [2.24, 2.45) is 0 Å². The Hall–Kier alpha value is -1.52. The average molecular weight is 1070 g/mol. The van der Waals surface area contributed by atoms with Crippen molar-refractivity contribution in [3.8, 4) is 0 Å². The molecule has 9 heteroatoms. The van der Waals surface area contributed by atoms with Crippen molar-refractivity contribution < 1.29 is 25.9 Å². The van der Waals surface area contributed by atoms with Crippen LogP contribution in [0.4, 0.5) is 0 Å². The first-order valence-corrected chi connectivity index (χ1v) is 32.8. The van der Waals surface area contributed by atoms with Crippen LogP contribution < -0.4 is 0 Å². The number of hydrogen-bond acceptors (Lipinski definition) is 6. The van der Waals surface area contributed by atoms with Crippen LogP contribution in [0.3, 0.4) is 0 Å². The second kappa shape index (κ2) is 41.6. The number of aryl methyl sites for hydroxylation is 4. The van der Waals surface area contributed by atoms with E-state index in [0.29, 0.717) is 10.8 Å². The van der Waals surface area contributed by atoms with E-state index < -0.39 is 20.2 Å². The van der Waals surface area contributed by atoms with Crippen molar-refractivity contribution >= 4 is 79.5 Å². The summed E-state index contributed by atoms with van der Waals surface area (Å²) in [5.74, 6) is 0. The van der Waals surface area contributed by atoms with E-state index >= 15 is 0 Å². The second-order valence-electron chi connectivity index (χ2n) is 21.4. The SMILES string of the molecule is CCCCCCCCCCCc1cc(CCCCCCCCCCC)c2cccc(S(=O)(=O)[O-])c2c1.CCCCCCCCCCCc1cc(CCCCCCCCCCC)c2cccc(S(=O)(=O)[O-])c2c1.[Ca+2]. The molecule has 4 aromatic carbocycles. The average Bonchev–Trinajstić information content (AvgIpc) is 3.35. The minimum Gasteiger partial charge on any atom is -0.744 e. The molecule has 0 amide bonds. The Morgan fingerprint density at radius 1 is 0.301 bits per heavy atom. The molecular formula is C64H102CaO6S2. The summed E-state index contributed by atoms with van der Waals surface area (Å²) in [6.45, 7) is 9.02. The van der Waals surface area contributed by atoms with Crippen molar-refractivity contribution in [1.82, 2.24) is 0 Å². The van der Waals surface area contributed by atoms with E-state index in [1.54, 1.807) is 12.1 Å². The van der Waals surface area contributed by atoms with Crippen LogP contribution in [0.25, 0.3) is 21.5 Å². The summed E-state index contributed by atoms with van der Waals surface area (Å²) in [6, 6.07) is 18.8. The fraction of sp³-hybridized carbons (Fsp3) is 0.688. The molecular weight excluding hydrogens is 969 g/mol. The Morgan fingerprint density at radius 2 is 0.534 bits per heavy atom. The van der Waals surface area contributed by atoms with Gasteiger partial charge in [-0.3, -0.25) is 0 Å². The Bertz CT molecular complexity index is 2100. The maximum absolute atomic E-state index is 12.0. The monoisotopic (exact) mass is 1070 g/mol. The topological polar surface area (TPSA) is 114 Å². The van der Waals surface area contributed by atoms with Crippen LogP contribution in [0, 0.1) is 0 Å². The van der Waals surface area contributed by atoms with Crippen LogP contribution in [0.5, 0.6) is 0 Å². The van der Waals surface area contributed by atoms with Crippen LogP contribution in [0.1, 0.15) is 281 Å². The van der Waals surface area contributed by atoms with Gasteiger partial charge in [-0.15, -0.1) is 0 Å². The Labute approximate surface area is 478 Å². The van der Waals surface area contributed by atoms with Gasteiger partial charge in [0.05, 0.1) is 9.79 Å². The molecule has 0 aliphatic carbocycles. The van der Waals surface area contributed by atoms with Gasteiger partial charge < -0.3 is 9.11 Å². The van der Waals surface area contributed by atoms with E-state index in [1.165, 1.54) is 240 Å². The largest absolute Gasteiger partial charge is 2.00 e. The summed E-state index contributed by atoms with van der Waals surface area (Å²) < 4.78 is 71.8. The van der Waals surface area contributed by atoms with E-state index in [-0.39, 0.29) is 47.5 Å². The maximum atomic E-state index is 12.0. The van der Waals surface area contributed by atoms with Gasteiger partial charge in [0.1, 0.15) is 20.2 Å². The Balaban J connectivity index is 0.000000493. The molecule has 0 bridgehead atoms. The molecule has 0 aliphatic rings. The van der Waals surface area contributed by atoms with Gasteiger partial charge >= 0.3 is 37.7 Å². The molecule has 0 unspecified atom stereocenters. The smallest absolute Gasteiger partial charge is 0.744 e. The van der Waals surface area contributed by atoms with E-state index in [1.807, 2.05) is 24.3 Å². The molecule has 0 saturated carbocycles. The normalized spacial score (nSPS) is 11.8. The maximum Gasteiger partial charge on any atom is 2.00 e. The first-order chi connectivity index (χ1) is 34.9. The number of unbranched alkanes of at least 4 members (excludes halogenated alkanes) is 32. The summed E-state index contributed by atoms with van der Waals surface area (Å²) in [4.78, 5) is -0.135. The standard InChI is InChI=1S/2C32H52O3S.Ca/c2*1-3-5-7-9-11-13-15-17-19-22-28-26-29(23-20-18-16-14-12-10-8-6-4-2)30-24-21-25-32(31(30)27-28)36(33,34)35;/h2*21,24-27H,3-20,22-23H2,1-2H3,(H,33,34,35);/q;;+2/p-2. The zero-order valence-electron chi connectivity index (χ0n) is 47.0. The zero-order valence-corrected chi connectivity index (χ0v) is 50.9. The Morgan fingerprint density at radius 3 is 0.781 bits per heavy atom. The molecule has 4 rings (SSSR count). The van der Waals surface area contributed by atoms with Gasteiger partial charge in [-0.2, -0.15) is 0 Å². The molecule has 0 fully saturated rings. The fourth-order valence-corrected chi connectivity index (χ4v) is 12.0. The molecule has 6 nitrogen and oxygen atoms in total. The third-order valence-electron chi connectivity index (χ3n) is 15.0. The predicted octanol–water partition coefficient (Wildman–Crippen LogP) is 19.4. The van der Waals surface area contributed by atoms with Crippen molar-refractivity contribution in [2.75, 3.05) is 0 Å². The first kappa shape index (κ1) is 67.6. The van der Waals surface area contributed by atoms with Crippen molar-refractivity contribution in [3.05, 3.63) is 82.9 Å². The van der Waals surface area contributed by atoms with Gasteiger partial charge in [-0.1, -0.05) is 270 Å². The Kier molecular flexibility index (Phi) is 38.5. The van der Waals surface area contributed by atoms with Crippen molar-refractivity contribution in [2.45, 2.75) is 294 Å². The molecule has 0 aliphatic heterocycles. The summed E-state index contributed by atoms with van der Waals surface area (Å²) in [5.41, 5.74) is 4.75. The summed E-state index contributed by atoms with van der Waals surface area (Å²) in [5, 5.41) is 3.10. The van der Waals surface area contributed by atoms with E-state index in [0.717, 1.165) is 62.1 Å². The van der Waals surface area contributed by atoms with Crippen molar-refractivity contribution in [3.63, 3.8) is 0 Å². The fourth-order valence-electron chi connectivity index (χ4n) is 10.7. The molecule has 0 heterocycles. The molecule has 4 aromatic rings. The molecule has 0 radical (unpaired) electrons. The molecule has 0 aromatic heterocycles. The molecule has 0 spiro atoms. The number of fused-ring (bicyclic) bond motifs is 2. The van der Waals surface area contributed by atoms with Gasteiger partial charge in [0, 0.05) is 0 Å². The van der Waals surface area contributed by atoms with Crippen LogP contribution in [0.15, 0.2) is 70.5 Å². The molecule has 408 valence electrons. The minimum absolute atomic E-state index is 0. The van der Waals surface area contributed by atoms with Crippen LogP contribution in [-0.4, -0.2) is 63.7 Å². The van der Waals surface area contributed by atoms with Crippen molar-refractivity contribution in [1.29, 1.82) is 0 Å². The molecule has 0 saturated heterocycles. The summed E-state index contributed by atoms with van der Waals surface area (Å²) >= 11 is 0. The molecule has 0 N–H and O–H groups in total. The summed E-state index contributed by atoms with van der Waals surface area (Å²) in [6.07, 6.45) is 50.2. The van der Waals surface area contributed by atoms with Gasteiger partial charge in [0.15, 0.2) is 0 Å². The second-order valence-corrected chi connectivity index (χ2v) is 24.1. The van der Waals surface area contributed by atoms with E-state index in [9.17, 15) is 25.9 Å². The van der Waals surface area contributed by atoms with E-state index in [2.05, 4.69) is 39.8 Å². The third-order valence-corrected chi connectivity index (χ3v) is 16.8. The number of hydrogen-bond donors (Lipinski definition) is 0. The summed E-state index contributed by atoms with van der Waals surface area (Å²) in [7, 11) is -9.00. The number of benzene rings is 4. The van der Waals surface area contributed by atoms with Crippen LogP contribution in [-0.2, 0) is 45.9 Å². The van der Waals surface area contributed by atoms with Crippen LogP contribution >= 0.6 is 0 Å². The predicted molar refractivity (Wildman–Crippen MR) is 313 cm³/mol. The third kappa shape index (κ3) is 29.2. The first-order valence-electron chi connectivity index (χ1n) is 29.9. The minimum atomic E-state index is -4.50. The molecule has 0 atom stereocenters. The van der Waals surface area contributed by atoms with Gasteiger partial charge in [-0.25, -0.2) is 16.8 Å². The van der Waals surface area contributed by atoms with Crippen LogP contribution in [0.2, 0.25) is 0 Å². The van der Waals surface area contributed by atoms with Gasteiger partial charge in [0.25, 0.3) is 0 Å².